The highest BCUT2D eigenvalue weighted by atomic mass is 16.6. The second-order valence-corrected chi connectivity index (χ2v) is 5.95. The highest BCUT2D eigenvalue weighted by Gasteiger charge is 2.30. The number of nitro groups is 1. The molecule has 4 N–H and O–H groups in total. The van der Waals surface area contributed by atoms with Crippen molar-refractivity contribution in [2.24, 2.45) is 0 Å². The number of rotatable bonds is 13. The van der Waals surface area contributed by atoms with Gasteiger partial charge in [-0.05, 0) is 5.56 Å². The summed E-state index contributed by atoms with van der Waals surface area (Å²) in [6, 6.07) is 3.01. The highest BCUT2D eigenvalue weighted by Crippen LogP contribution is 2.23. The Morgan fingerprint density at radius 3 is 1.72 bits per heavy atom. The molecule has 1 aromatic rings. The highest BCUT2D eigenvalue weighted by molar-refractivity contribution is 5.77. The summed E-state index contributed by atoms with van der Waals surface area (Å²) in [5, 5.41) is 47.2. The average Bonchev–Trinajstić information content (AvgIpc) is 2.58. The summed E-state index contributed by atoms with van der Waals surface area (Å²) in [6.45, 7) is -2.52. The van der Waals surface area contributed by atoms with Crippen LogP contribution in [0.15, 0.2) is 24.3 Å². The van der Waals surface area contributed by atoms with E-state index in [1.54, 1.807) is 0 Å². The standard InChI is InChI=1S/C16H19N3O10/c20-12(21)7-17(8-13(22)23)5-6-18(9-14(24)25)15(16(26)27)10-1-3-11(4-2-10)19(28)29/h1-4,15H,5-9H2,(H,20,21)(H,22,23)(H,24,25)(H,26,27). The van der Waals surface area contributed by atoms with Crippen LogP contribution >= 0.6 is 0 Å². The van der Waals surface area contributed by atoms with E-state index >= 15 is 0 Å². The fourth-order valence-electron chi connectivity index (χ4n) is 2.63. The third-order valence-electron chi connectivity index (χ3n) is 3.78. The molecule has 0 saturated heterocycles. The molecule has 1 unspecified atom stereocenters. The van der Waals surface area contributed by atoms with Gasteiger partial charge in [-0.15, -0.1) is 0 Å². The van der Waals surface area contributed by atoms with E-state index < -0.39 is 54.5 Å². The van der Waals surface area contributed by atoms with Crippen molar-refractivity contribution in [3.8, 4) is 0 Å². The van der Waals surface area contributed by atoms with E-state index in [4.69, 9.17) is 15.3 Å². The monoisotopic (exact) mass is 413 g/mol. The number of benzene rings is 1. The van der Waals surface area contributed by atoms with Gasteiger partial charge in [-0.2, -0.15) is 0 Å². The van der Waals surface area contributed by atoms with E-state index in [2.05, 4.69) is 0 Å². The van der Waals surface area contributed by atoms with E-state index in [0.29, 0.717) is 0 Å². The lowest BCUT2D eigenvalue weighted by Crippen LogP contribution is -2.44. The molecule has 0 aliphatic heterocycles. The van der Waals surface area contributed by atoms with Gasteiger partial charge in [0.15, 0.2) is 0 Å². The molecule has 1 rings (SSSR count). The molecule has 0 radical (unpaired) electrons. The Labute approximate surface area is 163 Å². The molecule has 158 valence electrons. The molecule has 0 heterocycles. The van der Waals surface area contributed by atoms with Crippen LogP contribution in [0.2, 0.25) is 0 Å². The molecule has 0 aliphatic carbocycles. The van der Waals surface area contributed by atoms with Crippen LogP contribution in [0.5, 0.6) is 0 Å². The van der Waals surface area contributed by atoms with Crippen LogP contribution < -0.4 is 0 Å². The van der Waals surface area contributed by atoms with Crippen molar-refractivity contribution in [3.63, 3.8) is 0 Å². The number of non-ortho nitro benzene ring substituents is 1. The molecular weight excluding hydrogens is 394 g/mol. The maximum atomic E-state index is 11.8. The van der Waals surface area contributed by atoms with E-state index in [-0.39, 0.29) is 24.3 Å². The number of aliphatic carboxylic acids is 4. The third-order valence-corrected chi connectivity index (χ3v) is 3.78. The Bertz CT molecular complexity index is 764. The predicted octanol–water partition coefficient (Wildman–Crippen LogP) is -0.422. The smallest absolute Gasteiger partial charge is 0.325 e. The minimum Gasteiger partial charge on any atom is -0.480 e. The summed E-state index contributed by atoms with van der Waals surface area (Å²) < 4.78 is 0. The average molecular weight is 413 g/mol. The molecule has 29 heavy (non-hydrogen) atoms. The third kappa shape index (κ3) is 7.90. The second-order valence-electron chi connectivity index (χ2n) is 5.95. The number of hydrogen-bond donors (Lipinski definition) is 4. The SMILES string of the molecule is O=C(O)CN(CCN(CC(=O)O)C(C(=O)O)c1ccc([N+](=O)[O-])cc1)CC(=O)O. The van der Waals surface area contributed by atoms with E-state index in [0.717, 1.165) is 21.9 Å². The molecule has 0 fully saturated rings. The van der Waals surface area contributed by atoms with Crippen LogP contribution in [0.4, 0.5) is 5.69 Å². The number of hydrogen-bond acceptors (Lipinski definition) is 8. The molecule has 0 spiro atoms. The first kappa shape index (κ1) is 23.5. The van der Waals surface area contributed by atoms with Crippen molar-refractivity contribution < 1.29 is 44.5 Å². The lowest BCUT2D eigenvalue weighted by molar-refractivity contribution is -0.384. The number of carboxylic acids is 4. The lowest BCUT2D eigenvalue weighted by atomic mass is 10.0. The van der Waals surface area contributed by atoms with E-state index in [9.17, 15) is 34.4 Å². The van der Waals surface area contributed by atoms with Gasteiger partial charge in [-0.1, -0.05) is 12.1 Å². The Hall–Kier alpha value is -3.58. The minimum absolute atomic E-state index is 0.0763. The van der Waals surface area contributed by atoms with Crippen LogP contribution in [0.3, 0.4) is 0 Å². The van der Waals surface area contributed by atoms with Crippen LogP contribution in [-0.2, 0) is 19.2 Å². The molecule has 0 aliphatic rings. The lowest BCUT2D eigenvalue weighted by Gasteiger charge is -2.29. The van der Waals surface area contributed by atoms with Gasteiger partial charge in [0, 0.05) is 25.2 Å². The molecule has 0 aromatic heterocycles. The number of nitrogens with zero attached hydrogens (tertiary/aromatic N) is 3. The molecule has 13 heteroatoms. The van der Waals surface area contributed by atoms with Gasteiger partial charge in [0.1, 0.15) is 6.04 Å². The van der Waals surface area contributed by atoms with Gasteiger partial charge in [-0.3, -0.25) is 39.1 Å². The Kier molecular flexibility index (Phi) is 8.64. The van der Waals surface area contributed by atoms with E-state index in [1.165, 1.54) is 12.1 Å². The molecule has 13 nitrogen and oxygen atoms in total. The number of carboxylic acid groups (broad SMARTS) is 4. The zero-order valence-corrected chi connectivity index (χ0v) is 15.0. The van der Waals surface area contributed by atoms with Crippen molar-refractivity contribution in [1.29, 1.82) is 0 Å². The van der Waals surface area contributed by atoms with Crippen molar-refractivity contribution in [3.05, 3.63) is 39.9 Å². The summed E-state index contributed by atoms with van der Waals surface area (Å²) in [4.78, 5) is 56.8. The first-order valence-electron chi connectivity index (χ1n) is 8.10. The summed E-state index contributed by atoms with van der Waals surface area (Å²) >= 11 is 0. The van der Waals surface area contributed by atoms with Crippen molar-refractivity contribution in [2.45, 2.75) is 6.04 Å². The Morgan fingerprint density at radius 1 is 0.862 bits per heavy atom. The largest absolute Gasteiger partial charge is 0.480 e. The molecule has 0 amide bonds. The van der Waals surface area contributed by atoms with Gasteiger partial charge in [0.05, 0.1) is 24.6 Å². The molecule has 0 bridgehead atoms. The Balaban J connectivity index is 3.11. The topological polar surface area (TPSA) is 199 Å². The summed E-state index contributed by atoms with van der Waals surface area (Å²) in [5.74, 6) is -5.40. The molecular formula is C16H19N3O10. The van der Waals surface area contributed by atoms with Gasteiger partial charge >= 0.3 is 23.9 Å². The maximum Gasteiger partial charge on any atom is 0.325 e. The van der Waals surface area contributed by atoms with Gasteiger partial charge < -0.3 is 20.4 Å². The fourth-order valence-corrected chi connectivity index (χ4v) is 2.63. The number of nitro benzene ring substituents is 1. The van der Waals surface area contributed by atoms with Crippen molar-refractivity contribution in [2.75, 3.05) is 32.7 Å². The van der Waals surface area contributed by atoms with E-state index in [1.807, 2.05) is 0 Å². The van der Waals surface area contributed by atoms with Crippen LogP contribution in [0.25, 0.3) is 0 Å². The van der Waals surface area contributed by atoms with Crippen LogP contribution in [-0.4, -0.2) is 91.8 Å². The quantitative estimate of drug-likeness (QED) is 0.241. The summed E-state index contributed by atoms with van der Waals surface area (Å²) in [7, 11) is 0. The second kappa shape index (κ2) is 10.7. The zero-order chi connectivity index (χ0) is 22.1. The van der Waals surface area contributed by atoms with Crippen LogP contribution in [0.1, 0.15) is 11.6 Å². The molecule has 0 saturated carbocycles. The number of carbonyl (C=O) groups is 4. The normalized spacial score (nSPS) is 11.9. The first-order chi connectivity index (χ1) is 13.5. The van der Waals surface area contributed by atoms with Gasteiger partial charge in [-0.25, -0.2) is 0 Å². The maximum absolute atomic E-state index is 11.8. The van der Waals surface area contributed by atoms with Crippen molar-refractivity contribution >= 4 is 29.6 Å². The van der Waals surface area contributed by atoms with Crippen LogP contribution in [0, 0.1) is 10.1 Å². The van der Waals surface area contributed by atoms with Gasteiger partial charge in [0.2, 0.25) is 0 Å². The summed E-state index contributed by atoms with van der Waals surface area (Å²) in [6.07, 6.45) is 0. The van der Waals surface area contributed by atoms with Crippen molar-refractivity contribution in [1.82, 2.24) is 9.80 Å². The predicted molar refractivity (Wildman–Crippen MR) is 94.4 cm³/mol. The van der Waals surface area contributed by atoms with Gasteiger partial charge in [0.25, 0.3) is 5.69 Å². The minimum atomic E-state index is -1.50. The summed E-state index contributed by atoms with van der Waals surface area (Å²) in [5.41, 5.74) is -0.205. The fraction of sp³-hybridized carbons (Fsp3) is 0.375. The zero-order valence-electron chi connectivity index (χ0n) is 15.0. The molecule has 1 atom stereocenters. The Morgan fingerprint density at radius 2 is 1.34 bits per heavy atom. The first-order valence-corrected chi connectivity index (χ1v) is 8.10. The molecule has 1 aromatic carbocycles.